The number of nitrogens with zero attached hydrogens (tertiary/aromatic N) is 4. The Balaban J connectivity index is 1.64. The maximum Gasteiger partial charge on any atom is 0.317 e. The number of anilines is 1. The average Bonchev–Trinajstić information content (AvgIpc) is 3.33. The van der Waals surface area contributed by atoms with E-state index in [1.54, 1.807) is 12.3 Å². The van der Waals surface area contributed by atoms with Crippen molar-refractivity contribution in [2.24, 2.45) is 0 Å². The molecule has 4 rings (SSSR count). The van der Waals surface area contributed by atoms with Gasteiger partial charge in [-0.15, -0.1) is 0 Å². The number of Topliss-reactive ketones (excluding diaryl/α,β-unsaturated/α-hetero) is 1. The largest absolute Gasteiger partial charge is 0.383 e. The lowest BCUT2D eigenvalue weighted by atomic mass is 9.82. The summed E-state index contributed by atoms with van der Waals surface area (Å²) in [6, 6.07) is 3.83. The second-order valence-electron chi connectivity index (χ2n) is 7.39. The number of aryl methyl sites for hydroxylation is 1. The number of ketones is 1. The fourth-order valence-corrected chi connectivity index (χ4v) is 4.22. The number of urea groups is 1. The predicted octanol–water partition coefficient (Wildman–Crippen LogP) is 1.81. The van der Waals surface area contributed by atoms with Crippen LogP contribution in [0.25, 0.3) is 11.3 Å². The third kappa shape index (κ3) is 2.85. The standard InChI is InChI=1S/C19H24N6O2/c1-3-21-18(27)24-6-4-19(11-24)5-7-25-16(19)9-15(23-25)13-8-14(12(2)26)17(20)22-10-13/h8-10H,3-7,11H2,1-2H3,(H2,20,22)(H,21,27)/t19-/m1/s1. The normalized spacial score (nSPS) is 20.9. The van der Waals surface area contributed by atoms with Crippen LogP contribution in [0.15, 0.2) is 18.3 Å². The molecule has 2 aromatic rings. The Labute approximate surface area is 157 Å². The quantitative estimate of drug-likeness (QED) is 0.804. The number of carbonyl (C=O) groups excluding carboxylic acids is 2. The van der Waals surface area contributed by atoms with Gasteiger partial charge in [0.05, 0.1) is 11.3 Å². The van der Waals surface area contributed by atoms with E-state index < -0.39 is 0 Å². The van der Waals surface area contributed by atoms with E-state index in [0.717, 1.165) is 42.9 Å². The number of hydrogen-bond donors (Lipinski definition) is 2. The van der Waals surface area contributed by atoms with Crippen LogP contribution in [0.1, 0.15) is 42.7 Å². The molecule has 2 amide bonds. The van der Waals surface area contributed by atoms with E-state index in [1.807, 2.05) is 16.5 Å². The van der Waals surface area contributed by atoms with Crippen LogP contribution in [0, 0.1) is 0 Å². The van der Waals surface area contributed by atoms with E-state index in [1.165, 1.54) is 6.92 Å². The summed E-state index contributed by atoms with van der Waals surface area (Å²) >= 11 is 0. The maximum absolute atomic E-state index is 12.2. The van der Waals surface area contributed by atoms with Gasteiger partial charge < -0.3 is 16.0 Å². The van der Waals surface area contributed by atoms with Crippen molar-refractivity contribution < 1.29 is 9.59 Å². The van der Waals surface area contributed by atoms with Crippen LogP contribution >= 0.6 is 0 Å². The van der Waals surface area contributed by atoms with Crippen LogP contribution in [0.3, 0.4) is 0 Å². The molecular weight excluding hydrogens is 344 g/mol. The highest BCUT2D eigenvalue weighted by Crippen LogP contribution is 2.43. The van der Waals surface area contributed by atoms with Crippen molar-refractivity contribution in [3.63, 3.8) is 0 Å². The van der Waals surface area contributed by atoms with Gasteiger partial charge in [-0.3, -0.25) is 9.48 Å². The van der Waals surface area contributed by atoms with Crippen molar-refractivity contribution >= 4 is 17.6 Å². The van der Waals surface area contributed by atoms with Gasteiger partial charge in [0.25, 0.3) is 0 Å². The molecule has 1 fully saturated rings. The summed E-state index contributed by atoms with van der Waals surface area (Å²) in [5.74, 6) is 0.126. The lowest BCUT2D eigenvalue weighted by Crippen LogP contribution is -2.40. The minimum absolute atomic E-state index is 0.00129. The van der Waals surface area contributed by atoms with Gasteiger partial charge in [-0.2, -0.15) is 5.10 Å². The molecule has 1 spiro atoms. The number of nitrogens with one attached hydrogen (secondary N) is 1. The van der Waals surface area contributed by atoms with Gasteiger partial charge in [-0.25, -0.2) is 9.78 Å². The summed E-state index contributed by atoms with van der Waals surface area (Å²) in [6.07, 6.45) is 3.58. The molecule has 2 aliphatic rings. The van der Waals surface area contributed by atoms with Gasteiger partial charge in [0.2, 0.25) is 0 Å². The zero-order valence-electron chi connectivity index (χ0n) is 15.7. The molecule has 27 heavy (non-hydrogen) atoms. The van der Waals surface area contributed by atoms with Crippen LogP contribution in [0.4, 0.5) is 10.6 Å². The number of likely N-dealkylation sites (tertiary alicyclic amines) is 1. The Bertz CT molecular complexity index is 921. The monoisotopic (exact) mass is 368 g/mol. The Kier molecular flexibility index (Phi) is 4.13. The molecule has 2 aromatic heterocycles. The SMILES string of the molecule is CCNC(=O)N1CC[C@@]2(CCn3nc(-c4cnc(N)c(C(C)=O)c4)cc32)C1. The van der Waals surface area contributed by atoms with Gasteiger partial charge in [-0.1, -0.05) is 0 Å². The van der Waals surface area contributed by atoms with E-state index in [4.69, 9.17) is 10.8 Å². The van der Waals surface area contributed by atoms with Crippen molar-refractivity contribution in [1.29, 1.82) is 0 Å². The molecule has 4 heterocycles. The Morgan fingerprint density at radius 1 is 1.30 bits per heavy atom. The number of aromatic nitrogens is 3. The molecule has 8 heteroatoms. The number of fused-ring (bicyclic) bond motifs is 2. The first kappa shape index (κ1) is 17.5. The van der Waals surface area contributed by atoms with E-state index in [-0.39, 0.29) is 23.0 Å². The van der Waals surface area contributed by atoms with Crippen LogP contribution in [-0.2, 0) is 12.0 Å². The highest BCUT2D eigenvalue weighted by atomic mass is 16.2. The first-order chi connectivity index (χ1) is 12.9. The van der Waals surface area contributed by atoms with Crippen molar-refractivity contribution in [2.45, 2.75) is 38.6 Å². The van der Waals surface area contributed by atoms with Gasteiger partial charge in [0.1, 0.15) is 5.82 Å². The molecule has 2 aliphatic heterocycles. The molecule has 8 nitrogen and oxygen atoms in total. The maximum atomic E-state index is 12.2. The van der Waals surface area contributed by atoms with E-state index in [0.29, 0.717) is 18.7 Å². The molecule has 3 N–H and O–H groups in total. The average molecular weight is 368 g/mol. The zero-order chi connectivity index (χ0) is 19.2. The Morgan fingerprint density at radius 2 is 2.07 bits per heavy atom. The lowest BCUT2D eigenvalue weighted by Gasteiger charge is -2.23. The summed E-state index contributed by atoms with van der Waals surface area (Å²) in [4.78, 5) is 30.0. The highest BCUT2D eigenvalue weighted by Gasteiger charge is 2.46. The molecule has 0 saturated carbocycles. The van der Waals surface area contributed by atoms with E-state index in [9.17, 15) is 9.59 Å². The summed E-state index contributed by atoms with van der Waals surface area (Å²) in [5.41, 5.74) is 8.91. The molecule has 1 saturated heterocycles. The summed E-state index contributed by atoms with van der Waals surface area (Å²) < 4.78 is 2.03. The molecule has 0 radical (unpaired) electrons. The van der Waals surface area contributed by atoms with Gasteiger partial charge >= 0.3 is 6.03 Å². The van der Waals surface area contributed by atoms with Crippen molar-refractivity contribution in [1.82, 2.24) is 25.0 Å². The lowest BCUT2D eigenvalue weighted by molar-refractivity contribution is 0.101. The molecule has 0 aliphatic carbocycles. The number of hydrogen-bond acceptors (Lipinski definition) is 5. The van der Waals surface area contributed by atoms with E-state index in [2.05, 4.69) is 16.4 Å². The van der Waals surface area contributed by atoms with Gasteiger partial charge in [0, 0.05) is 49.0 Å². The minimum atomic E-state index is -0.113. The Hall–Kier alpha value is -2.90. The fraction of sp³-hybridized carbons (Fsp3) is 0.474. The second kappa shape index (κ2) is 6.37. The van der Waals surface area contributed by atoms with Gasteiger partial charge in [0.15, 0.2) is 5.78 Å². The number of amides is 2. The number of pyridine rings is 1. The third-order valence-corrected chi connectivity index (χ3v) is 5.69. The van der Waals surface area contributed by atoms with Crippen molar-refractivity contribution in [2.75, 3.05) is 25.4 Å². The number of carbonyl (C=O) groups is 2. The number of nitrogen functional groups attached to an aromatic ring is 1. The highest BCUT2D eigenvalue weighted by molar-refractivity contribution is 5.99. The van der Waals surface area contributed by atoms with E-state index >= 15 is 0 Å². The first-order valence-electron chi connectivity index (χ1n) is 9.31. The summed E-state index contributed by atoms with van der Waals surface area (Å²) in [7, 11) is 0. The molecular formula is C19H24N6O2. The Morgan fingerprint density at radius 3 is 2.81 bits per heavy atom. The minimum Gasteiger partial charge on any atom is -0.383 e. The topological polar surface area (TPSA) is 106 Å². The van der Waals surface area contributed by atoms with Crippen LogP contribution in [0.2, 0.25) is 0 Å². The number of nitrogens with two attached hydrogens (primary N) is 1. The first-order valence-corrected chi connectivity index (χ1v) is 9.31. The van der Waals surface area contributed by atoms with Crippen LogP contribution in [-0.4, -0.2) is 51.1 Å². The molecule has 0 bridgehead atoms. The van der Waals surface area contributed by atoms with Crippen LogP contribution < -0.4 is 11.1 Å². The summed E-state index contributed by atoms with van der Waals surface area (Å²) in [6.45, 7) is 6.34. The van der Waals surface area contributed by atoms with Crippen molar-refractivity contribution in [3.8, 4) is 11.3 Å². The number of rotatable bonds is 3. The zero-order valence-corrected chi connectivity index (χ0v) is 15.7. The summed E-state index contributed by atoms with van der Waals surface area (Å²) in [5, 5.41) is 7.61. The second-order valence-corrected chi connectivity index (χ2v) is 7.39. The molecule has 1 atom stereocenters. The third-order valence-electron chi connectivity index (χ3n) is 5.69. The molecule has 0 aromatic carbocycles. The molecule has 0 unspecified atom stereocenters. The fourth-order valence-electron chi connectivity index (χ4n) is 4.22. The predicted molar refractivity (Wildman–Crippen MR) is 101 cm³/mol. The van der Waals surface area contributed by atoms with Gasteiger partial charge in [-0.05, 0) is 38.8 Å². The van der Waals surface area contributed by atoms with Crippen molar-refractivity contribution in [3.05, 3.63) is 29.6 Å². The smallest absolute Gasteiger partial charge is 0.317 e. The van der Waals surface area contributed by atoms with Crippen LogP contribution in [0.5, 0.6) is 0 Å². The molecule has 142 valence electrons.